The van der Waals surface area contributed by atoms with Crippen LogP contribution in [0.15, 0.2) is 18.2 Å². The molecule has 0 spiro atoms. The van der Waals surface area contributed by atoms with Crippen LogP contribution in [0.2, 0.25) is 5.02 Å². The average molecular weight is 197 g/mol. The van der Waals surface area contributed by atoms with Crippen molar-refractivity contribution in [2.75, 3.05) is 0 Å². The first-order chi connectivity index (χ1) is 6.09. The van der Waals surface area contributed by atoms with E-state index in [0.717, 1.165) is 17.4 Å². The standard InChI is InChI=1S/C12H17Cl/c1-9(2)4-6-11-7-5-10(3)8-12(11)13/h5,7-9H,4,6H2,1-3H3. The van der Waals surface area contributed by atoms with Crippen molar-refractivity contribution < 1.29 is 0 Å². The van der Waals surface area contributed by atoms with E-state index in [4.69, 9.17) is 11.6 Å². The van der Waals surface area contributed by atoms with E-state index in [1.165, 1.54) is 17.5 Å². The Hall–Kier alpha value is -0.490. The van der Waals surface area contributed by atoms with Crippen LogP contribution >= 0.6 is 11.6 Å². The Bertz CT molecular complexity index is 276. The minimum absolute atomic E-state index is 0.748. The van der Waals surface area contributed by atoms with Gasteiger partial charge in [0.15, 0.2) is 0 Å². The van der Waals surface area contributed by atoms with Gasteiger partial charge in [-0.2, -0.15) is 0 Å². The maximum absolute atomic E-state index is 6.11. The minimum atomic E-state index is 0.748. The fourth-order valence-electron chi connectivity index (χ4n) is 1.30. The van der Waals surface area contributed by atoms with Gasteiger partial charge < -0.3 is 0 Å². The zero-order chi connectivity index (χ0) is 9.84. The lowest BCUT2D eigenvalue weighted by molar-refractivity contribution is 0.587. The van der Waals surface area contributed by atoms with Crippen molar-refractivity contribution in [1.29, 1.82) is 0 Å². The van der Waals surface area contributed by atoms with E-state index < -0.39 is 0 Å². The summed E-state index contributed by atoms with van der Waals surface area (Å²) in [7, 11) is 0. The summed E-state index contributed by atoms with van der Waals surface area (Å²) in [6.45, 7) is 6.54. The summed E-state index contributed by atoms with van der Waals surface area (Å²) in [6.07, 6.45) is 2.31. The van der Waals surface area contributed by atoms with Gasteiger partial charge in [0.1, 0.15) is 0 Å². The summed E-state index contributed by atoms with van der Waals surface area (Å²) in [6, 6.07) is 6.30. The van der Waals surface area contributed by atoms with Crippen LogP contribution in [0.1, 0.15) is 31.4 Å². The van der Waals surface area contributed by atoms with Crippen molar-refractivity contribution >= 4 is 11.6 Å². The van der Waals surface area contributed by atoms with E-state index in [-0.39, 0.29) is 0 Å². The highest BCUT2D eigenvalue weighted by Crippen LogP contribution is 2.20. The molecule has 0 bridgehead atoms. The molecule has 0 saturated carbocycles. The molecule has 0 fully saturated rings. The molecule has 0 atom stereocenters. The summed E-state index contributed by atoms with van der Waals surface area (Å²) in [4.78, 5) is 0. The Kier molecular flexibility index (Phi) is 3.80. The van der Waals surface area contributed by atoms with E-state index in [0.29, 0.717) is 0 Å². The first-order valence-corrected chi connectivity index (χ1v) is 5.22. The number of benzene rings is 1. The summed E-state index contributed by atoms with van der Waals surface area (Å²) >= 11 is 6.11. The van der Waals surface area contributed by atoms with Crippen molar-refractivity contribution in [1.82, 2.24) is 0 Å². The van der Waals surface area contributed by atoms with Gasteiger partial charge >= 0.3 is 0 Å². The third-order valence-corrected chi connectivity index (χ3v) is 2.55. The van der Waals surface area contributed by atoms with Gasteiger partial charge in [-0.25, -0.2) is 0 Å². The molecule has 0 N–H and O–H groups in total. The first-order valence-electron chi connectivity index (χ1n) is 4.84. The number of hydrogen-bond acceptors (Lipinski definition) is 0. The van der Waals surface area contributed by atoms with E-state index in [1.54, 1.807) is 0 Å². The molecule has 1 aromatic carbocycles. The van der Waals surface area contributed by atoms with Crippen LogP contribution in [0.5, 0.6) is 0 Å². The van der Waals surface area contributed by atoms with Gasteiger partial charge in [-0.1, -0.05) is 37.6 Å². The normalized spacial score (nSPS) is 10.8. The molecule has 0 aliphatic heterocycles. The Balaban J connectivity index is 2.67. The highest BCUT2D eigenvalue weighted by Gasteiger charge is 2.01. The van der Waals surface area contributed by atoms with Crippen molar-refractivity contribution in [3.8, 4) is 0 Å². The lowest BCUT2D eigenvalue weighted by Gasteiger charge is -2.07. The van der Waals surface area contributed by atoms with Crippen LogP contribution in [0, 0.1) is 12.8 Å². The third kappa shape index (κ3) is 3.40. The van der Waals surface area contributed by atoms with Crippen molar-refractivity contribution in [2.24, 2.45) is 5.92 Å². The Morgan fingerprint density at radius 3 is 2.54 bits per heavy atom. The fraction of sp³-hybridized carbons (Fsp3) is 0.500. The summed E-state index contributed by atoms with van der Waals surface area (Å²) in [5, 5.41) is 0.917. The molecule has 72 valence electrons. The predicted octanol–water partition coefficient (Wildman–Crippen LogP) is 4.24. The molecule has 0 aromatic heterocycles. The Morgan fingerprint density at radius 2 is 2.00 bits per heavy atom. The van der Waals surface area contributed by atoms with Crippen LogP contribution < -0.4 is 0 Å². The first kappa shape index (κ1) is 10.6. The monoisotopic (exact) mass is 196 g/mol. The molecule has 0 saturated heterocycles. The van der Waals surface area contributed by atoms with Gasteiger partial charge in [-0.3, -0.25) is 0 Å². The molecule has 0 amide bonds. The Morgan fingerprint density at radius 1 is 1.31 bits per heavy atom. The molecule has 1 aromatic rings. The van der Waals surface area contributed by atoms with Crippen molar-refractivity contribution in [3.05, 3.63) is 34.3 Å². The van der Waals surface area contributed by atoms with Crippen molar-refractivity contribution in [3.63, 3.8) is 0 Å². The summed E-state index contributed by atoms with van der Waals surface area (Å²) < 4.78 is 0. The molecule has 0 radical (unpaired) electrons. The zero-order valence-electron chi connectivity index (χ0n) is 8.60. The van der Waals surface area contributed by atoms with Crippen molar-refractivity contribution in [2.45, 2.75) is 33.6 Å². The average Bonchev–Trinajstić information content (AvgIpc) is 2.02. The molecule has 0 aliphatic rings. The molecule has 13 heavy (non-hydrogen) atoms. The van der Waals surface area contributed by atoms with E-state index >= 15 is 0 Å². The lowest BCUT2D eigenvalue weighted by atomic mass is 10.0. The molecule has 1 heteroatoms. The number of rotatable bonds is 3. The van der Waals surface area contributed by atoms with Gasteiger partial charge in [0, 0.05) is 5.02 Å². The minimum Gasteiger partial charge on any atom is -0.0840 e. The van der Waals surface area contributed by atoms with E-state index in [9.17, 15) is 0 Å². The third-order valence-electron chi connectivity index (χ3n) is 2.20. The van der Waals surface area contributed by atoms with Crippen LogP contribution in [-0.4, -0.2) is 0 Å². The van der Waals surface area contributed by atoms with Crippen LogP contribution in [-0.2, 0) is 6.42 Å². The molecule has 0 heterocycles. The van der Waals surface area contributed by atoms with Gasteiger partial charge in [0.05, 0.1) is 0 Å². The van der Waals surface area contributed by atoms with E-state index in [1.807, 2.05) is 6.07 Å². The van der Waals surface area contributed by atoms with Gasteiger partial charge in [-0.15, -0.1) is 0 Å². The summed E-state index contributed by atoms with van der Waals surface area (Å²) in [5.74, 6) is 0.748. The second-order valence-corrected chi connectivity index (χ2v) is 4.43. The second kappa shape index (κ2) is 4.66. The predicted molar refractivity (Wildman–Crippen MR) is 59.3 cm³/mol. The number of halogens is 1. The molecule has 0 nitrogen and oxygen atoms in total. The highest BCUT2D eigenvalue weighted by molar-refractivity contribution is 6.31. The number of hydrogen-bond donors (Lipinski definition) is 0. The van der Waals surface area contributed by atoms with E-state index in [2.05, 4.69) is 32.9 Å². The lowest BCUT2D eigenvalue weighted by Crippen LogP contribution is -1.93. The quantitative estimate of drug-likeness (QED) is 0.679. The van der Waals surface area contributed by atoms with Gasteiger partial charge in [0.25, 0.3) is 0 Å². The number of aryl methyl sites for hydroxylation is 2. The SMILES string of the molecule is Cc1ccc(CCC(C)C)c(Cl)c1. The largest absolute Gasteiger partial charge is 0.0840 e. The van der Waals surface area contributed by atoms with Gasteiger partial charge in [0.2, 0.25) is 0 Å². The molecular weight excluding hydrogens is 180 g/mol. The molecule has 1 rings (SSSR count). The van der Waals surface area contributed by atoms with Crippen LogP contribution in [0.3, 0.4) is 0 Å². The maximum atomic E-state index is 6.11. The topological polar surface area (TPSA) is 0 Å². The Labute approximate surface area is 85.9 Å². The maximum Gasteiger partial charge on any atom is 0.0440 e. The molecule has 0 unspecified atom stereocenters. The second-order valence-electron chi connectivity index (χ2n) is 4.03. The van der Waals surface area contributed by atoms with Gasteiger partial charge in [-0.05, 0) is 42.9 Å². The van der Waals surface area contributed by atoms with Crippen LogP contribution in [0.25, 0.3) is 0 Å². The fourth-order valence-corrected chi connectivity index (χ4v) is 1.63. The molecular formula is C12H17Cl. The highest BCUT2D eigenvalue weighted by atomic mass is 35.5. The zero-order valence-corrected chi connectivity index (χ0v) is 9.36. The van der Waals surface area contributed by atoms with Crippen LogP contribution in [0.4, 0.5) is 0 Å². The summed E-state index contributed by atoms with van der Waals surface area (Å²) in [5.41, 5.74) is 2.51. The molecule has 0 aliphatic carbocycles. The smallest absolute Gasteiger partial charge is 0.0440 e.